The van der Waals surface area contributed by atoms with E-state index in [1.807, 2.05) is 24.0 Å². The Morgan fingerprint density at radius 3 is 3.00 bits per heavy atom. The Hall–Kier alpha value is -1.12. The van der Waals surface area contributed by atoms with E-state index in [0.717, 1.165) is 0 Å². The summed E-state index contributed by atoms with van der Waals surface area (Å²) in [6, 6.07) is 0. The van der Waals surface area contributed by atoms with Gasteiger partial charge >= 0.3 is 0 Å². The zero-order chi connectivity index (χ0) is 6.69. The van der Waals surface area contributed by atoms with Gasteiger partial charge in [0.2, 0.25) is 0 Å². The number of rotatable bonds is 0. The molecular formula is C6H9N2O+. The first-order valence-electron chi connectivity index (χ1n) is 2.77. The average Bonchev–Trinajstić information content (AvgIpc) is 1.90. The van der Waals surface area contributed by atoms with E-state index in [1.165, 1.54) is 0 Å². The molecule has 3 heteroatoms. The highest BCUT2D eigenvalue weighted by atomic mass is 16.4. The van der Waals surface area contributed by atoms with Crippen molar-refractivity contribution in [1.82, 2.24) is 0 Å². The minimum atomic E-state index is 0.702. The van der Waals surface area contributed by atoms with Gasteiger partial charge in [0, 0.05) is 6.08 Å². The smallest absolute Gasteiger partial charge is 0.170 e. The van der Waals surface area contributed by atoms with Crippen molar-refractivity contribution in [3.05, 3.63) is 12.3 Å². The van der Waals surface area contributed by atoms with E-state index in [2.05, 4.69) is 5.16 Å². The van der Waals surface area contributed by atoms with Crippen molar-refractivity contribution < 1.29 is 9.78 Å². The molecule has 0 aliphatic carbocycles. The number of hydrogen-bond acceptors (Lipinski definition) is 2. The summed E-state index contributed by atoms with van der Waals surface area (Å²) < 4.78 is 1.93. The molecule has 0 aromatic rings. The third kappa shape index (κ3) is 1.38. The van der Waals surface area contributed by atoms with Crippen molar-refractivity contribution in [2.24, 2.45) is 5.16 Å². The topological polar surface area (TPSA) is 35.6 Å². The van der Waals surface area contributed by atoms with Crippen LogP contribution in [0.1, 0.15) is 6.42 Å². The predicted molar refractivity (Wildman–Crippen MR) is 35.2 cm³/mol. The normalized spacial score (nSPS) is 22.3. The van der Waals surface area contributed by atoms with Crippen molar-refractivity contribution >= 4 is 11.9 Å². The van der Waals surface area contributed by atoms with Crippen molar-refractivity contribution in [3.63, 3.8) is 0 Å². The van der Waals surface area contributed by atoms with Gasteiger partial charge < -0.3 is 5.21 Å². The maximum atomic E-state index is 8.28. The number of hydrogen-bond donors (Lipinski definition) is 1. The van der Waals surface area contributed by atoms with Gasteiger partial charge in [0.25, 0.3) is 0 Å². The lowest BCUT2D eigenvalue weighted by Crippen LogP contribution is -2.09. The number of allylic oxidation sites excluding steroid dienone is 1. The van der Waals surface area contributed by atoms with Crippen molar-refractivity contribution in [2.45, 2.75) is 6.42 Å². The molecule has 0 fully saturated rings. The van der Waals surface area contributed by atoms with Crippen molar-refractivity contribution in [2.75, 3.05) is 7.05 Å². The van der Waals surface area contributed by atoms with Crippen LogP contribution < -0.4 is 0 Å². The lowest BCUT2D eigenvalue weighted by Gasteiger charge is -1.95. The van der Waals surface area contributed by atoms with E-state index < -0.39 is 0 Å². The van der Waals surface area contributed by atoms with Crippen LogP contribution in [0.15, 0.2) is 17.4 Å². The van der Waals surface area contributed by atoms with Gasteiger partial charge in [-0.3, -0.25) is 0 Å². The van der Waals surface area contributed by atoms with E-state index in [0.29, 0.717) is 12.1 Å². The Balaban J connectivity index is 2.70. The second kappa shape index (κ2) is 2.44. The first-order chi connectivity index (χ1) is 4.33. The average molecular weight is 125 g/mol. The molecule has 0 atom stereocenters. The summed E-state index contributed by atoms with van der Waals surface area (Å²) in [6.07, 6.45) is 6.27. The highest BCUT2D eigenvalue weighted by molar-refractivity contribution is 6.02. The fraction of sp³-hybridized carbons (Fsp3) is 0.333. The third-order valence-corrected chi connectivity index (χ3v) is 1.22. The quantitative estimate of drug-likeness (QED) is 0.285. The summed E-state index contributed by atoms with van der Waals surface area (Å²) in [6.45, 7) is 0. The van der Waals surface area contributed by atoms with Gasteiger partial charge in [-0.25, -0.2) is 4.58 Å². The maximum Gasteiger partial charge on any atom is 0.170 e. The highest BCUT2D eigenvalue weighted by Gasteiger charge is 2.02. The second-order valence-corrected chi connectivity index (χ2v) is 1.96. The van der Waals surface area contributed by atoms with Crippen LogP contribution in [0.4, 0.5) is 0 Å². The van der Waals surface area contributed by atoms with Gasteiger partial charge in [-0.15, -0.1) is 0 Å². The molecule has 3 nitrogen and oxygen atoms in total. The van der Waals surface area contributed by atoms with E-state index in [9.17, 15) is 0 Å². The second-order valence-electron chi connectivity index (χ2n) is 1.96. The van der Waals surface area contributed by atoms with E-state index in [4.69, 9.17) is 5.21 Å². The summed E-state index contributed by atoms with van der Waals surface area (Å²) in [5.41, 5.74) is 0.702. The molecule has 1 aliphatic rings. The molecule has 1 heterocycles. The summed E-state index contributed by atoms with van der Waals surface area (Å²) in [7, 11) is 1.94. The van der Waals surface area contributed by atoms with Gasteiger partial charge in [-0.2, -0.15) is 0 Å². The molecule has 0 saturated carbocycles. The van der Waals surface area contributed by atoms with Crippen LogP contribution in [-0.4, -0.2) is 28.8 Å². The van der Waals surface area contributed by atoms with Crippen LogP contribution in [0.3, 0.4) is 0 Å². The Morgan fingerprint density at radius 2 is 2.56 bits per heavy atom. The molecule has 1 N–H and O–H groups in total. The lowest BCUT2D eigenvalue weighted by atomic mass is 10.2. The summed E-state index contributed by atoms with van der Waals surface area (Å²) in [5, 5.41) is 11.3. The minimum Gasteiger partial charge on any atom is -0.411 e. The first-order valence-corrected chi connectivity index (χ1v) is 2.77. The number of oxime groups is 1. The fourth-order valence-electron chi connectivity index (χ4n) is 0.644. The largest absolute Gasteiger partial charge is 0.411 e. The minimum absolute atomic E-state index is 0.702. The van der Waals surface area contributed by atoms with Crippen LogP contribution in [0.25, 0.3) is 0 Å². The van der Waals surface area contributed by atoms with Gasteiger partial charge in [0.1, 0.15) is 7.05 Å². The molecule has 1 aliphatic heterocycles. The molecular weight excluding hydrogens is 116 g/mol. The van der Waals surface area contributed by atoms with Crippen molar-refractivity contribution in [1.29, 1.82) is 0 Å². The van der Waals surface area contributed by atoms with E-state index in [1.54, 1.807) is 6.08 Å². The Bertz CT molecular complexity index is 191. The Morgan fingerprint density at radius 1 is 1.78 bits per heavy atom. The molecule has 0 aromatic carbocycles. The molecule has 0 spiro atoms. The van der Waals surface area contributed by atoms with Crippen LogP contribution in [0.5, 0.6) is 0 Å². The van der Waals surface area contributed by atoms with Crippen LogP contribution in [0, 0.1) is 0 Å². The van der Waals surface area contributed by atoms with E-state index in [-0.39, 0.29) is 0 Å². The summed E-state index contributed by atoms with van der Waals surface area (Å²) >= 11 is 0. The van der Waals surface area contributed by atoms with Crippen LogP contribution in [0.2, 0.25) is 0 Å². The molecule has 0 saturated heterocycles. The van der Waals surface area contributed by atoms with Gasteiger partial charge in [-0.1, -0.05) is 5.16 Å². The van der Waals surface area contributed by atoms with Gasteiger partial charge in [0.05, 0.1) is 12.1 Å². The Labute approximate surface area is 53.6 Å². The van der Waals surface area contributed by atoms with E-state index >= 15 is 0 Å². The SMILES string of the molecule is C[N+]1=CCC(=NO)C=C1. The molecule has 1 rings (SSSR count). The predicted octanol–water partition coefficient (Wildman–Crippen LogP) is 0.447. The maximum absolute atomic E-state index is 8.28. The van der Waals surface area contributed by atoms with Crippen LogP contribution >= 0.6 is 0 Å². The standard InChI is InChI=1S/C6H8N2O/c1-8-4-2-6(7-9)3-5-8/h2,4-5H,3H2,1H3/p+1. The first kappa shape index (κ1) is 6.01. The molecule has 48 valence electrons. The zero-order valence-electron chi connectivity index (χ0n) is 5.28. The molecule has 0 bridgehead atoms. The molecule has 0 aromatic heterocycles. The summed E-state index contributed by atoms with van der Waals surface area (Å²) in [5.74, 6) is 0. The fourth-order valence-corrected chi connectivity index (χ4v) is 0.644. The third-order valence-electron chi connectivity index (χ3n) is 1.22. The zero-order valence-corrected chi connectivity index (χ0v) is 5.28. The molecule has 9 heavy (non-hydrogen) atoms. The molecule has 0 unspecified atom stereocenters. The summed E-state index contributed by atoms with van der Waals surface area (Å²) in [4.78, 5) is 0. The van der Waals surface area contributed by atoms with Crippen LogP contribution in [-0.2, 0) is 0 Å². The van der Waals surface area contributed by atoms with Gasteiger partial charge in [0.15, 0.2) is 12.4 Å². The monoisotopic (exact) mass is 125 g/mol. The van der Waals surface area contributed by atoms with Gasteiger partial charge in [-0.05, 0) is 0 Å². The lowest BCUT2D eigenvalue weighted by molar-refractivity contribution is -0.418. The molecule has 0 radical (unpaired) electrons. The molecule has 0 amide bonds. The number of nitrogens with zero attached hydrogens (tertiary/aromatic N) is 2. The van der Waals surface area contributed by atoms with Crippen molar-refractivity contribution in [3.8, 4) is 0 Å². The highest BCUT2D eigenvalue weighted by Crippen LogP contribution is 1.91. The Kier molecular flexibility index (Phi) is 1.63.